The van der Waals surface area contributed by atoms with Gasteiger partial charge in [-0.25, -0.2) is 0 Å². The van der Waals surface area contributed by atoms with Crippen LogP contribution in [0.2, 0.25) is 0 Å². The Bertz CT molecular complexity index is 525. The Morgan fingerprint density at radius 1 is 1.29 bits per heavy atom. The number of nitrogens with zero attached hydrogens (tertiary/aromatic N) is 1. The molecule has 1 aromatic rings. The molecule has 2 rings (SSSR count). The van der Waals surface area contributed by atoms with Crippen molar-refractivity contribution in [2.24, 2.45) is 0 Å². The van der Waals surface area contributed by atoms with E-state index in [4.69, 9.17) is 0 Å². The molecule has 3 N–H and O–H groups in total. The summed E-state index contributed by atoms with van der Waals surface area (Å²) in [4.78, 5) is 25.5. The Balaban J connectivity index is 1.80. The zero-order valence-corrected chi connectivity index (χ0v) is 12.2. The van der Waals surface area contributed by atoms with Crippen molar-refractivity contribution >= 4 is 17.5 Å². The molecule has 0 aliphatic carbocycles. The van der Waals surface area contributed by atoms with E-state index >= 15 is 0 Å². The second kappa shape index (κ2) is 7.08. The van der Waals surface area contributed by atoms with Crippen molar-refractivity contribution in [3.8, 4) is 5.75 Å². The summed E-state index contributed by atoms with van der Waals surface area (Å²) in [5.74, 6) is -0.228. The quantitative estimate of drug-likeness (QED) is 0.718. The van der Waals surface area contributed by atoms with Crippen LogP contribution in [0.25, 0.3) is 0 Å². The number of phenolic OH excluding ortho intramolecular Hbond substituents is 1. The summed E-state index contributed by atoms with van der Waals surface area (Å²) < 4.78 is 0. The van der Waals surface area contributed by atoms with Gasteiger partial charge in [0.2, 0.25) is 11.8 Å². The Labute approximate surface area is 124 Å². The van der Waals surface area contributed by atoms with Crippen LogP contribution in [0.3, 0.4) is 0 Å². The first-order valence-electron chi connectivity index (χ1n) is 7.14. The molecule has 0 atom stereocenters. The number of anilines is 1. The summed E-state index contributed by atoms with van der Waals surface area (Å²) in [5.41, 5.74) is 1.29. The minimum absolute atomic E-state index is 0.000205. The number of rotatable bonds is 4. The number of nitrogens with one attached hydrogen (secondary N) is 2. The summed E-state index contributed by atoms with van der Waals surface area (Å²) in [6, 6.07) is 5.05. The van der Waals surface area contributed by atoms with Gasteiger partial charge in [0.25, 0.3) is 0 Å². The molecule has 0 aromatic heterocycles. The Morgan fingerprint density at radius 3 is 2.67 bits per heavy atom. The Morgan fingerprint density at radius 2 is 2.00 bits per heavy atom. The second-order valence-corrected chi connectivity index (χ2v) is 5.20. The van der Waals surface area contributed by atoms with Crippen LogP contribution in [0.5, 0.6) is 5.75 Å². The highest BCUT2D eigenvalue weighted by atomic mass is 16.3. The van der Waals surface area contributed by atoms with Crippen molar-refractivity contribution in [2.75, 3.05) is 31.5 Å². The maximum atomic E-state index is 11.9. The van der Waals surface area contributed by atoms with Crippen LogP contribution < -0.4 is 10.6 Å². The van der Waals surface area contributed by atoms with Gasteiger partial charge in [-0.05, 0) is 24.6 Å². The fraction of sp³-hybridized carbons (Fsp3) is 0.467. The lowest BCUT2D eigenvalue weighted by atomic mass is 10.2. The van der Waals surface area contributed by atoms with Crippen molar-refractivity contribution in [2.45, 2.75) is 19.8 Å². The van der Waals surface area contributed by atoms with Gasteiger partial charge in [-0.2, -0.15) is 0 Å². The molecule has 0 radical (unpaired) electrons. The van der Waals surface area contributed by atoms with Crippen molar-refractivity contribution in [3.63, 3.8) is 0 Å². The summed E-state index contributed by atoms with van der Waals surface area (Å²) in [6.45, 7) is 4.85. The van der Waals surface area contributed by atoms with Crippen LogP contribution in [-0.2, 0) is 9.59 Å². The van der Waals surface area contributed by atoms with Crippen LogP contribution in [0.1, 0.15) is 18.4 Å². The average Bonchev–Trinajstić information content (AvgIpc) is 2.48. The molecule has 1 aromatic carbocycles. The van der Waals surface area contributed by atoms with Crippen LogP contribution in [0.4, 0.5) is 5.69 Å². The first-order valence-corrected chi connectivity index (χ1v) is 7.14. The summed E-state index contributed by atoms with van der Waals surface area (Å²) in [5, 5.41) is 15.5. The highest BCUT2D eigenvalue weighted by Crippen LogP contribution is 2.24. The predicted molar refractivity (Wildman–Crippen MR) is 80.2 cm³/mol. The minimum atomic E-state index is -0.266. The number of benzene rings is 1. The number of hydrogen-bond acceptors (Lipinski definition) is 4. The summed E-state index contributed by atoms with van der Waals surface area (Å²) in [7, 11) is 0. The van der Waals surface area contributed by atoms with E-state index in [1.54, 1.807) is 23.1 Å². The number of hydrogen-bond donors (Lipinski definition) is 3. The van der Waals surface area contributed by atoms with E-state index in [1.807, 2.05) is 6.92 Å². The highest BCUT2D eigenvalue weighted by Gasteiger charge is 2.17. The number of aromatic hydroxyl groups is 1. The van der Waals surface area contributed by atoms with Crippen molar-refractivity contribution < 1.29 is 14.7 Å². The van der Waals surface area contributed by atoms with E-state index in [1.165, 1.54) is 0 Å². The molecule has 1 aliphatic heterocycles. The fourth-order valence-electron chi connectivity index (χ4n) is 2.25. The van der Waals surface area contributed by atoms with Crippen LogP contribution in [-0.4, -0.2) is 48.0 Å². The number of piperazine rings is 1. The monoisotopic (exact) mass is 291 g/mol. The number of phenols is 1. The number of aryl methyl sites for hydroxylation is 1. The molecular weight excluding hydrogens is 270 g/mol. The maximum absolute atomic E-state index is 11.9. The lowest BCUT2D eigenvalue weighted by Gasteiger charge is -2.27. The molecule has 0 unspecified atom stereocenters. The normalized spacial score (nSPS) is 14.8. The van der Waals surface area contributed by atoms with Gasteiger partial charge in [-0.15, -0.1) is 0 Å². The van der Waals surface area contributed by atoms with Gasteiger partial charge in [0, 0.05) is 39.0 Å². The van der Waals surface area contributed by atoms with Gasteiger partial charge in [-0.3, -0.25) is 9.59 Å². The van der Waals surface area contributed by atoms with E-state index in [-0.39, 0.29) is 30.4 Å². The molecule has 1 aliphatic rings. The standard InChI is InChI=1S/C15H21N3O3/c1-11-2-3-12(13(19)10-11)17-14(20)4-5-15(21)18-8-6-16-7-9-18/h2-3,10,16,19H,4-9H2,1H3,(H,17,20). The third-order valence-corrected chi connectivity index (χ3v) is 3.46. The van der Waals surface area contributed by atoms with Crippen molar-refractivity contribution in [1.82, 2.24) is 10.2 Å². The first kappa shape index (κ1) is 15.3. The van der Waals surface area contributed by atoms with Crippen molar-refractivity contribution in [3.05, 3.63) is 23.8 Å². The Kier molecular flexibility index (Phi) is 5.16. The lowest BCUT2D eigenvalue weighted by molar-refractivity contribution is -0.133. The first-order chi connectivity index (χ1) is 10.1. The fourth-order valence-corrected chi connectivity index (χ4v) is 2.25. The van der Waals surface area contributed by atoms with E-state index in [0.717, 1.165) is 18.7 Å². The van der Waals surface area contributed by atoms with E-state index < -0.39 is 0 Å². The van der Waals surface area contributed by atoms with E-state index in [0.29, 0.717) is 18.8 Å². The van der Waals surface area contributed by atoms with Gasteiger partial charge in [-0.1, -0.05) is 6.07 Å². The molecule has 0 spiro atoms. The second-order valence-electron chi connectivity index (χ2n) is 5.20. The van der Waals surface area contributed by atoms with Crippen LogP contribution in [0.15, 0.2) is 18.2 Å². The molecule has 0 saturated carbocycles. The largest absolute Gasteiger partial charge is 0.506 e. The molecule has 1 saturated heterocycles. The third-order valence-electron chi connectivity index (χ3n) is 3.46. The van der Waals surface area contributed by atoms with Crippen LogP contribution >= 0.6 is 0 Å². The zero-order chi connectivity index (χ0) is 15.2. The number of amides is 2. The molecule has 1 fully saturated rings. The molecule has 2 amide bonds. The van der Waals surface area contributed by atoms with E-state index in [9.17, 15) is 14.7 Å². The van der Waals surface area contributed by atoms with Crippen LogP contribution in [0, 0.1) is 6.92 Å². The zero-order valence-electron chi connectivity index (χ0n) is 12.2. The summed E-state index contributed by atoms with van der Waals surface area (Å²) >= 11 is 0. The van der Waals surface area contributed by atoms with E-state index in [2.05, 4.69) is 10.6 Å². The van der Waals surface area contributed by atoms with Crippen molar-refractivity contribution in [1.29, 1.82) is 0 Å². The lowest BCUT2D eigenvalue weighted by Crippen LogP contribution is -2.46. The SMILES string of the molecule is Cc1ccc(NC(=O)CCC(=O)N2CCNCC2)c(O)c1. The molecule has 21 heavy (non-hydrogen) atoms. The average molecular weight is 291 g/mol. The predicted octanol–water partition coefficient (Wildman–Crippen LogP) is 0.851. The van der Waals surface area contributed by atoms with Gasteiger partial charge >= 0.3 is 0 Å². The number of carbonyl (C=O) groups is 2. The Hall–Kier alpha value is -2.08. The van der Waals surface area contributed by atoms with Gasteiger partial charge in [0.15, 0.2) is 0 Å². The molecule has 6 nitrogen and oxygen atoms in total. The molecule has 6 heteroatoms. The van der Waals surface area contributed by atoms with Gasteiger partial charge in [0.1, 0.15) is 5.75 Å². The van der Waals surface area contributed by atoms with Gasteiger partial charge < -0.3 is 20.6 Å². The third kappa shape index (κ3) is 4.46. The summed E-state index contributed by atoms with van der Waals surface area (Å²) in [6.07, 6.45) is 0.314. The highest BCUT2D eigenvalue weighted by molar-refractivity contribution is 5.94. The molecular formula is C15H21N3O3. The molecule has 114 valence electrons. The topological polar surface area (TPSA) is 81.7 Å². The molecule has 1 heterocycles. The maximum Gasteiger partial charge on any atom is 0.224 e. The van der Waals surface area contributed by atoms with Gasteiger partial charge in [0.05, 0.1) is 5.69 Å². The molecule has 0 bridgehead atoms. The minimum Gasteiger partial charge on any atom is -0.506 e. The smallest absolute Gasteiger partial charge is 0.224 e. The number of carbonyl (C=O) groups excluding carboxylic acids is 2.